The van der Waals surface area contributed by atoms with Crippen LogP contribution in [0.4, 0.5) is 0 Å². The van der Waals surface area contributed by atoms with Crippen LogP contribution in [0.25, 0.3) is 0 Å². The summed E-state index contributed by atoms with van der Waals surface area (Å²) in [6, 6.07) is 0. The van der Waals surface area contributed by atoms with Crippen LogP contribution in [-0.2, 0) is 18.8 Å². The van der Waals surface area contributed by atoms with Gasteiger partial charge in [0.05, 0.1) is 6.61 Å². The number of hydrogen-bond acceptors (Lipinski definition) is 4. The van der Waals surface area contributed by atoms with Gasteiger partial charge < -0.3 is 9.47 Å². The summed E-state index contributed by atoms with van der Waals surface area (Å²) >= 11 is 0. The fourth-order valence-corrected chi connectivity index (χ4v) is 0.461. The Hall–Kier alpha value is -0.810. The van der Waals surface area contributed by atoms with E-state index in [0.717, 1.165) is 0 Å². The molecule has 6 nitrogen and oxygen atoms in total. The molecule has 0 aromatic heterocycles. The van der Waals surface area contributed by atoms with Gasteiger partial charge in [-0.15, -0.1) is 9.79 Å². The molecule has 0 bridgehead atoms. The number of esters is 1. The summed E-state index contributed by atoms with van der Waals surface area (Å²) in [5.74, 6) is -0.357. The third kappa shape index (κ3) is 19.6. The van der Waals surface area contributed by atoms with Gasteiger partial charge in [0.1, 0.15) is 6.61 Å². The molecule has 0 rings (SSSR count). The Bertz CT molecular complexity index is 211. The van der Waals surface area contributed by atoms with Crippen molar-refractivity contribution >= 4 is 14.2 Å². The topological polar surface area (TPSA) is 93.1 Å². The minimum absolute atomic E-state index is 0.305. The van der Waals surface area contributed by atoms with Gasteiger partial charge in [-0.2, -0.15) is 0 Å². The SMILES string of the molecule is C=C(C)C(=O)OCCOCC.O=[P+](O)O. The summed E-state index contributed by atoms with van der Waals surface area (Å²) in [5.41, 5.74) is 0.418. The molecule has 0 unspecified atom stereocenters. The molecule has 0 fully saturated rings. The molecule has 0 aromatic carbocycles. The maximum absolute atomic E-state index is 10.7. The van der Waals surface area contributed by atoms with Gasteiger partial charge in [-0.1, -0.05) is 6.58 Å². The lowest BCUT2D eigenvalue weighted by molar-refractivity contribution is -0.140. The van der Waals surface area contributed by atoms with Gasteiger partial charge in [-0.3, -0.25) is 0 Å². The number of hydrogen-bond donors (Lipinski definition) is 2. The summed E-state index contributed by atoms with van der Waals surface area (Å²) in [6.45, 7) is 8.34. The molecule has 2 N–H and O–H groups in total. The number of carbonyl (C=O) groups excluding carboxylic acids is 1. The van der Waals surface area contributed by atoms with Crippen molar-refractivity contribution in [3.05, 3.63) is 12.2 Å². The van der Waals surface area contributed by atoms with Gasteiger partial charge in [-0.05, 0) is 13.8 Å². The van der Waals surface area contributed by atoms with Crippen molar-refractivity contribution in [2.45, 2.75) is 13.8 Å². The second-order valence-corrected chi connectivity index (χ2v) is 2.87. The van der Waals surface area contributed by atoms with E-state index < -0.39 is 8.25 Å². The summed E-state index contributed by atoms with van der Waals surface area (Å²) < 4.78 is 18.4. The van der Waals surface area contributed by atoms with Crippen molar-refractivity contribution in [1.82, 2.24) is 0 Å². The average molecular weight is 239 g/mol. The lowest BCUT2D eigenvalue weighted by Gasteiger charge is -2.03. The molecule has 0 heterocycles. The van der Waals surface area contributed by atoms with Crippen LogP contribution in [-0.4, -0.2) is 35.6 Å². The minimum Gasteiger partial charge on any atom is -0.460 e. The van der Waals surface area contributed by atoms with E-state index in [-0.39, 0.29) is 5.97 Å². The van der Waals surface area contributed by atoms with Crippen molar-refractivity contribution < 1.29 is 28.6 Å². The van der Waals surface area contributed by atoms with E-state index in [4.69, 9.17) is 23.8 Å². The third-order valence-corrected chi connectivity index (χ3v) is 1.01. The van der Waals surface area contributed by atoms with Gasteiger partial charge >= 0.3 is 14.2 Å². The van der Waals surface area contributed by atoms with Crippen LogP contribution in [0.5, 0.6) is 0 Å². The quantitative estimate of drug-likeness (QED) is 0.318. The van der Waals surface area contributed by atoms with E-state index in [9.17, 15) is 4.79 Å². The fourth-order valence-electron chi connectivity index (χ4n) is 0.461. The smallest absolute Gasteiger partial charge is 0.460 e. The summed E-state index contributed by atoms with van der Waals surface area (Å²) in [4.78, 5) is 25.0. The van der Waals surface area contributed by atoms with E-state index in [1.165, 1.54) is 0 Å². The maximum atomic E-state index is 10.7. The highest BCUT2D eigenvalue weighted by Gasteiger charge is 2.00. The van der Waals surface area contributed by atoms with Gasteiger partial charge in [-0.25, -0.2) is 4.79 Å². The lowest BCUT2D eigenvalue weighted by Crippen LogP contribution is -2.10. The predicted molar refractivity (Wildman–Crippen MR) is 54.3 cm³/mol. The van der Waals surface area contributed by atoms with Crippen molar-refractivity contribution in [3.63, 3.8) is 0 Å². The molecule has 15 heavy (non-hydrogen) atoms. The standard InChI is InChI=1S/C8H14O3.HO3P/c1-4-10-5-6-11-8(9)7(2)3;1-4(2)3/h2,4-6H2,1,3H3;(H-,1,2,3)/p+1. The molecule has 0 aromatic rings. The van der Waals surface area contributed by atoms with Crippen LogP contribution >= 0.6 is 8.25 Å². The van der Waals surface area contributed by atoms with Crippen LogP contribution in [0.2, 0.25) is 0 Å². The Balaban J connectivity index is 0. The Morgan fingerprint density at radius 3 is 2.20 bits per heavy atom. The Kier molecular flexibility index (Phi) is 12.5. The second-order valence-electron chi connectivity index (χ2n) is 2.37. The zero-order valence-corrected chi connectivity index (χ0v) is 9.70. The molecular formula is C8H16O6P+. The summed E-state index contributed by atoms with van der Waals surface area (Å²) in [7, 11) is -2.87. The Morgan fingerprint density at radius 2 is 1.87 bits per heavy atom. The van der Waals surface area contributed by atoms with E-state index in [2.05, 4.69) is 6.58 Å². The van der Waals surface area contributed by atoms with Crippen LogP contribution < -0.4 is 0 Å². The molecule has 0 spiro atoms. The molecule has 0 aliphatic heterocycles. The van der Waals surface area contributed by atoms with Crippen molar-refractivity contribution in [3.8, 4) is 0 Å². The van der Waals surface area contributed by atoms with E-state index >= 15 is 0 Å². The molecule has 0 amide bonds. The molecule has 0 radical (unpaired) electrons. The number of carbonyl (C=O) groups is 1. The fraction of sp³-hybridized carbons (Fsp3) is 0.625. The molecule has 7 heteroatoms. The van der Waals surface area contributed by atoms with E-state index in [0.29, 0.717) is 25.4 Å². The molecule has 0 atom stereocenters. The molecule has 0 saturated heterocycles. The van der Waals surface area contributed by atoms with E-state index in [1.807, 2.05) is 6.92 Å². The molecular weight excluding hydrogens is 223 g/mol. The Morgan fingerprint density at radius 1 is 1.40 bits per heavy atom. The van der Waals surface area contributed by atoms with Gasteiger partial charge in [0.15, 0.2) is 0 Å². The maximum Gasteiger partial charge on any atom is 0.692 e. The lowest BCUT2D eigenvalue weighted by atomic mass is 10.4. The van der Waals surface area contributed by atoms with Crippen LogP contribution in [0.3, 0.4) is 0 Å². The third-order valence-electron chi connectivity index (χ3n) is 1.01. The van der Waals surface area contributed by atoms with Crippen molar-refractivity contribution in [2.24, 2.45) is 0 Å². The summed E-state index contributed by atoms with van der Waals surface area (Å²) in [6.07, 6.45) is 0. The Labute approximate surface area is 89.5 Å². The highest BCUT2D eigenvalue weighted by atomic mass is 31.1. The largest absolute Gasteiger partial charge is 0.692 e. The van der Waals surface area contributed by atoms with Gasteiger partial charge in [0.25, 0.3) is 0 Å². The highest BCUT2D eigenvalue weighted by molar-refractivity contribution is 7.30. The number of rotatable bonds is 5. The predicted octanol–water partition coefficient (Wildman–Crippen LogP) is 0.771. The highest BCUT2D eigenvalue weighted by Crippen LogP contribution is 1.98. The second kappa shape index (κ2) is 11.3. The first kappa shape index (κ1) is 16.6. The molecule has 88 valence electrons. The van der Waals surface area contributed by atoms with Gasteiger partial charge in [0.2, 0.25) is 0 Å². The monoisotopic (exact) mass is 239 g/mol. The van der Waals surface area contributed by atoms with Crippen molar-refractivity contribution in [1.29, 1.82) is 0 Å². The number of ether oxygens (including phenoxy) is 2. The van der Waals surface area contributed by atoms with E-state index in [1.54, 1.807) is 6.92 Å². The van der Waals surface area contributed by atoms with Crippen LogP contribution in [0.15, 0.2) is 12.2 Å². The first-order valence-electron chi connectivity index (χ1n) is 4.17. The minimum atomic E-state index is -2.87. The average Bonchev–Trinajstić information content (AvgIpc) is 2.11. The first-order valence-corrected chi connectivity index (χ1v) is 5.33. The van der Waals surface area contributed by atoms with Crippen LogP contribution in [0.1, 0.15) is 13.8 Å². The zero-order valence-electron chi connectivity index (χ0n) is 8.80. The summed E-state index contributed by atoms with van der Waals surface area (Å²) in [5, 5.41) is 0. The molecule has 0 aliphatic rings. The first-order chi connectivity index (χ1) is 6.91. The molecule has 0 aliphatic carbocycles. The normalized spacial score (nSPS) is 8.53. The van der Waals surface area contributed by atoms with Gasteiger partial charge in [0, 0.05) is 16.7 Å². The zero-order chi connectivity index (χ0) is 12.3. The molecule has 0 saturated carbocycles. The van der Waals surface area contributed by atoms with Crippen LogP contribution in [0, 0.1) is 0 Å². The van der Waals surface area contributed by atoms with Crippen molar-refractivity contribution in [2.75, 3.05) is 19.8 Å².